The lowest BCUT2D eigenvalue weighted by Crippen LogP contribution is -2.30. The van der Waals surface area contributed by atoms with Crippen LogP contribution in [0.25, 0.3) is 0 Å². The Balaban J connectivity index is 2.82. The fourth-order valence-corrected chi connectivity index (χ4v) is 3.26. The van der Waals surface area contributed by atoms with E-state index in [1.807, 2.05) is 6.21 Å². The van der Waals surface area contributed by atoms with Gasteiger partial charge in [-0.1, -0.05) is 39.3 Å². The molecule has 1 rings (SSSR count). The van der Waals surface area contributed by atoms with E-state index in [0.29, 0.717) is 30.1 Å². The standard InChI is InChI=1S/C15H26FN/c1-6-13(15(10(2)3)11(4)5)12-7-8-14(16)17-9-12/h9,11-15H,2,6-8H2,1,3-5H3. The molecule has 0 bridgehead atoms. The third kappa shape index (κ3) is 3.65. The van der Waals surface area contributed by atoms with Gasteiger partial charge in [0.15, 0.2) is 6.30 Å². The molecular weight excluding hydrogens is 213 g/mol. The predicted octanol–water partition coefficient (Wildman–Crippen LogP) is 4.64. The van der Waals surface area contributed by atoms with Crippen LogP contribution < -0.4 is 0 Å². The first kappa shape index (κ1) is 14.4. The number of allylic oxidation sites excluding steroid dienone is 1. The van der Waals surface area contributed by atoms with Gasteiger partial charge in [-0.15, -0.1) is 0 Å². The number of rotatable bonds is 5. The average Bonchev–Trinajstić information content (AvgIpc) is 2.26. The number of alkyl halides is 1. The van der Waals surface area contributed by atoms with Gasteiger partial charge in [0.05, 0.1) is 0 Å². The van der Waals surface area contributed by atoms with E-state index in [1.165, 1.54) is 5.57 Å². The van der Waals surface area contributed by atoms with Crippen LogP contribution in [0.2, 0.25) is 0 Å². The Morgan fingerprint density at radius 3 is 2.47 bits per heavy atom. The molecule has 98 valence electrons. The second kappa shape index (κ2) is 6.32. The summed E-state index contributed by atoms with van der Waals surface area (Å²) in [5.74, 6) is 2.10. The minimum Gasteiger partial charge on any atom is -0.261 e. The summed E-state index contributed by atoms with van der Waals surface area (Å²) >= 11 is 0. The van der Waals surface area contributed by atoms with Crippen LogP contribution in [0.3, 0.4) is 0 Å². The van der Waals surface area contributed by atoms with Crippen LogP contribution in [-0.4, -0.2) is 12.5 Å². The lowest BCUT2D eigenvalue weighted by atomic mass is 9.70. The summed E-state index contributed by atoms with van der Waals surface area (Å²) in [6.45, 7) is 13.0. The van der Waals surface area contributed by atoms with Gasteiger partial charge in [-0.05, 0) is 43.4 Å². The molecule has 0 radical (unpaired) electrons. The summed E-state index contributed by atoms with van der Waals surface area (Å²) in [6, 6.07) is 0. The smallest absolute Gasteiger partial charge is 0.189 e. The maximum atomic E-state index is 13.0. The van der Waals surface area contributed by atoms with Crippen molar-refractivity contribution in [1.82, 2.24) is 0 Å². The quantitative estimate of drug-likeness (QED) is 0.489. The molecule has 1 nitrogen and oxygen atoms in total. The zero-order valence-corrected chi connectivity index (χ0v) is 11.6. The van der Waals surface area contributed by atoms with Gasteiger partial charge < -0.3 is 0 Å². The second-order valence-electron chi connectivity index (χ2n) is 5.66. The molecule has 1 aliphatic rings. The predicted molar refractivity (Wildman–Crippen MR) is 73.0 cm³/mol. The van der Waals surface area contributed by atoms with Crippen molar-refractivity contribution in [2.75, 3.05) is 0 Å². The molecule has 1 aliphatic heterocycles. The highest BCUT2D eigenvalue weighted by Crippen LogP contribution is 2.37. The molecule has 17 heavy (non-hydrogen) atoms. The molecule has 0 N–H and O–H groups in total. The number of halogens is 1. The monoisotopic (exact) mass is 239 g/mol. The van der Waals surface area contributed by atoms with Crippen LogP contribution >= 0.6 is 0 Å². The Kier molecular flexibility index (Phi) is 5.35. The van der Waals surface area contributed by atoms with Crippen LogP contribution in [-0.2, 0) is 0 Å². The molecule has 0 aromatic heterocycles. The molecule has 4 unspecified atom stereocenters. The van der Waals surface area contributed by atoms with Gasteiger partial charge in [0.1, 0.15) is 0 Å². The summed E-state index contributed by atoms with van der Waals surface area (Å²) in [4.78, 5) is 3.96. The maximum absolute atomic E-state index is 13.0. The lowest BCUT2D eigenvalue weighted by molar-refractivity contribution is 0.206. The molecule has 0 saturated carbocycles. The first-order chi connectivity index (χ1) is 7.97. The van der Waals surface area contributed by atoms with Gasteiger partial charge >= 0.3 is 0 Å². The van der Waals surface area contributed by atoms with Gasteiger partial charge in [0.25, 0.3) is 0 Å². The number of hydrogen-bond acceptors (Lipinski definition) is 1. The van der Waals surface area contributed by atoms with Crippen LogP contribution in [0.15, 0.2) is 17.1 Å². The van der Waals surface area contributed by atoms with Crippen molar-refractivity contribution in [2.24, 2.45) is 28.7 Å². The first-order valence-corrected chi connectivity index (χ1v) is 6.80. The van der Waals surface area contributed by atoms with Gasteiger partial charge in [-0.25, -0.2) is 4.39 Å². The van der Waals surface area contributed by atoms with E-state index in [-0.39, 0.29) is 0 Å². The normalized spacial score (nSPS) is 28.1. The fourth-order valence-electron chi connectivity index (χ4n) is 3.26. The van der Waals surface area contributed by atoms with Crippen molar-refractivity contribution in [1.29, 1.82) is 0 Å². The highest BCUT2D eigenvalue weighted by molar-refractivity contribution is 5.62. The molecule has 0 aromatic carbocycles. The van der Waals surface area contributed by atoms with Gasteiger partial charge in [-0.2, -0.15) is 0 Å². The summed E-state index contributed by atoms with van der Waals surface area (Å²) in [5, 5.41) is 0. The third-order valence-electron chi connectivity index (χ3n) is 3.95. The second-order valence-corrected chi connectivity index (χ2v) is 5.66. The van der Waals surface area contributed by atoms with Crippen LogP contribution in [0, 0.1) is 23.7 Å². The van der Waals surface area contributed by atoms with Crippen LogP contribution in [0.1, 0.15) is 47.0 Å². The molecule has 0 aromatic rings. The molecule has 0 saturated heterocycles. The topological polar surface area (TPSA) is 12.4 Å². The minimum absolute atomic E-state index is 0.427. The van der Waals surface area contributed by atoms with Crippen molar-refractivity contribution in [3.8, 4) is 0 Å². The van der Waals surface area contributed by atoms with Crippen molar-refractivity contribution in [2.45, 2.75) is 53.3 Å². The van der Waals surface area contributed by atoms with Gasteiger partial charge in [-0.3, -0.25) is 4.99 Å². The fraction of sp³-hybridized carbons (Fsp3) is 0.800. The zero-order chi connectivity index (χ0) is 13.0. The lowest BCUT2D eigenvalue weighted by Gasteiger charge is -2.35. The van der Waals surface area contributed by atoms with E-state index in [1.54, 1.807) is 0 Å². The molecule has 0 amide bonds. The Labute approximate surface area is 105 Å². The molecule has 2 heteroatoms. The maximum Gasteiger partial charge on any atom is 0.189 e. The Morgan fingerprint density at radius 1 is 1.47 bits per heavy atom. The largest absolute Gasteiger partial charge is 0.261 e. The SMILES string of the molecule is C=C(C)C(C(C)C)C(CC)C1C=NC(F)CC1. The number of aliphatic imine (C=N–C) groups is 1. The van der Waals surface area contributed by atoms with Crippen LogP contribution in [0.5, 0.6) is 0 Å². The number of hydrogen-bond donors (Lipinski definition) is 0. The van der Waals surface area contributed by atoms with E-state index in [2.05, 4.69) is 39.3 Å². The van der Waals surface area contributed by atoms with Crippen molar-refractivity contribution in [3.63, 3.8) is 0 Å². The summed E-state index contributed by atoms with van der Waals surface area (Å²) in [6.07, 6.45) is 3.52. The third-order valence-corrected chi connectivity index (χ3v) is 3.95. The highest BCUT2D eigenvalue weighted by Gasteiger charge is 2.31. The molecule has 0 fully saturated rings. The Hall–Kier alpha value is -0.660. The molecule has 0 aliphatic carbocycles. The first-order valence-electron chi connectivity index (χ1n) is 6.80. The summed E-state index contributed by atoms with van der Waals surface area (Å²) in [7, 11) is 0. The molecule has 1 heterocycles. The van der Waals surface area contributed by atoms with Crippen molar-refractivity contribution in [3.05, 3.63) is 12.2 Å². The van der Waals surface area contributed by atoms with E-state index >= 15 is 0 Å². The molecule has 0 spiro atoms. The van der Waals surface area contributed by atoms with E-state index in [9.17, 15) is 4.39 Å². The van der Waals surface area contributed by atoms with E-state index in [4.69, 9.17) is 0 Å². The number of nitrogens with zero attached hydrogens (tertiary/aromatic N) is 1. The average molecular weight is 239 g/mol. The molecule has 4 atom stereocenters. The highest BCUT2D eigenvalue weighted by atomic mass is 19.1. The van der Waals surface area contributed by atoms with E-state index in [0.717, 1.165) is 12.8 Å². The Bertz CT molecular complexity index is 283. The van der Waals surface area contributed by atoms with E-state index < -0.39 is 6.30 Å². The Morgan fingerprint density at radius 2 is 2.12 bits per heavy atom. The van der Waals surface area contributed by atoms with Crippen molar-refractivity contribution < 1.29 is 4.39 Å². The van der Waals surface area contributed by atoms with Crippen molar-refractivity contribution >= 4 is 6.21 Å². The minimum atomic E-state index is -0.967. The summed E-state index contributed by atoms with van der Waals surface area (Å²) < 4.78 is 13.0. The zero-order valence-electron chi connectivity index (χ0n) is 11.6. The van der Waals surface area contributed by atoms with Gasteiger partial charge in [0, 0.05) is 6.21 Å². The molecular formula is C15H26FN. The van der Waals surface area contributed by atoms with Gasteiger partial charge in [0.2, 0.25) is 0 Å². The van der Waals surface area contributed by atoms with Crippen LogP contribution in [0.4, 0.5) is 4.39 Å². The summed E-state index contributed by atoms with van der Waals surface area (Å²) in [5.41, 5.74) is 1.25.